The Labute approximate surface area is 169 Å². The molecule has 0 saturated carbocycles. The number of hydrogen-bond donors (Lipinski definition) is 1. The molecule has 0 bridgehead atoms. The molecule has 0 aliphatic carbocycles. The van der Waals surface area contributed by atoms with E-state index in [9.17, 15) is 10.1 Å². The highest BCUT2D eigenvalue weighted by Gasteiger charge is 2.14. The Bertz CT molecular complexity index is 1280. The van der Waals surface area contributed by atoms with Crippen LogP contribution in [0.5, 0.6) is 0 Å². The van der Waals surface area contributed by atoms with Crippen LogP contribution in [0.25, 0.3) is 27.9 Å². The second-order valence-electron chi connectivity index (χ2n) is 7.13. The summed E-state index contributed by atoms with van der Waals surface area (Å²) in [5.74, 6) is -0.373. The monoisotopic (exact) mass is 379 g/mol. The molecule has 1 aromatic heterocycles. The van der Waals surface area contributed by atoms with E-state index in [-0.39, 0.29) is 17.5 Å². The molecule has 1 atom stereocenters. The predicted molar refractivity (Wildman–Crippen MR) is 117 cm³/mol. The van der Waals surface area contributed by atoms with Crippen LogP contribution in [0.1, 0.15) is 24.1 Å². The van der Waals surface area contributed by atoms with Crippen molar-refractivity contribution in [2.45, 2.75) is 13.0 Å². The Balaban J connectivity index is 1.66. The van der Waals surface area contributed by atoms with Gasteiger partial charge in [0.1, 0.15) is 11.6 Å². The minimum absolute atomic E-state index is 0.0902. The summed E-state index contributed by atoms with van der Waals surface area (Å²) >= 11 is 0. The first-order valence-corrected chi connectivity index (χ1v) is 9.53. The van der Waals surface area contributed by atoms with Gasteiger partial charge >= 0.3 is 0 Å². The maximum absolute atomic E-state index is 12.6. The molecule has 1 amide bonds. The van der Waals surface area contributed by atoms with Crippen molar-refractivity contribution >= 4 is 33.8 Å². The lowest BCUT2D eigenvalue weighted by Crippen LogP contribution is -2.27. The smallest absolute Gasteiger partial charge is 0.262 e. The summed E-state index contributed by atoms with van der Waals surface area (Å²) in [7, 11) is 2.04. The number of nitrogens with zero attached hydrogens (tertiary/aromatic N) is 2. The fraction of sp³-hybridized carbons (Fsp3) is 0.120. The highest BCUT2D eigenvalue weighted by Crippen LogP contribution is 2.29. The largest absolute Gasteiger partial charge is 0.345 e. The van der Waals surface area contributed by atoms with Gasteiger partial charge in [-0.2, -0.15) is 5.26 Å². The predicted octanol–water partition coefficient (Wildman–Crippen LogP) is 5.12. The molecule has 29 heavy (non-hydrogen) atoms. The Morgan fingerprint density at radius 2 is 1.69 bits per heavy atom. The van der Waals surface area contributed by atoms with Gasteiger partial charge in [0.05, 0.1) is 6.04 Å². The van der Waals surface area contributed by atoms with Crippen LogP contribution in [0.2, 0.25) is 0 Å². The zero-order valence-corrected chi connectivity index (χ0v) is 16.4. The topological polar surface area (TPSA) is 57.8 Å². The van der Waals surface area contributed by atoms with Gasteiger partial charge in [-0.3, -0.25) is 4.79 Å². The molecule has 1 heterocycles. The number of carbonyl (C=O) groups excluding carboxylic acids is 1. The zero-order chi connectivity index (χ0) is 20.4. The number of aryl methyl sites for hydroxylation is 1. The third kappa shape index (κ3) is 3.51. The summed E-state index contributed by atoms with van der Waals surface area (Å²) in [6, 6.07) is 25.8. The van der Waals surface area contributed by atoms with Gasteiger partial charge in [0, 0.05) is 28.9 Å². The van der Waals surface area contributed by atoms with Crippen molar-refractivity contribution in [2.24, 2.45) is 7.05 Å². The fourth-order valence-electron chi connectivity index (χ4n) is 3.69. The third-order valence-corrected chi connectivity index (χ3v) is 5.26. The average molecular weight is 379 g/mol. The number of benzene rings is 3. The van der Waals surface area contributed by atoms with Gasteiger partial charge in [-0.05, 0) is 42.3 Å². The molecule has 4 aromatic rings. The minimum Gasteiger partial charge on any atom is -0.345 e. The molecule has 3 aromatic carbocycles. The first-order valence-electron chi connectivity index (χ1n) is 9.53. The van der Waals surface area contributed by atoms with Crippen LogP contribution in [0, 0.1) is 11.3 Å². The van der Waals surface area contributed by atoms with Gasteiger partial charge in [-0.25, -0.2) is 0 Å². The lowest BCUT2D eigenvalue weighted by molar-refractivity contribution is -0.117. The summed E-state index contributed by atoms with van der Waals surface area (Å²) in [6.45, 7) is 1.91. The Morgan fingerprint density at radius 1 is 1.00 bits per heavy atom. The molecule has 0 spiro atoms. The zero-order valence-electron chi connectivity index (χ0n) is 16.4. The molecule has 1 N–H and O–H groups in total. The molecule has 0 aliphatic rings. The number of fused-ring (bicyclic) bond motifs is 3. The van der Waals surface area contributed by atoms with E-state index in [0.717, 1.165) is 32.9 Å². The molecule has 4 nitrogen and oxygen atoms in total. The van der Waals surface area contributed by atoms with Crippen molar-refractivity contribution in [3.8, 4) is 6.07 Å². The molecule has 4 heteroatoms. The maximum Gasteiger partial charge on any atom is 0.262 e. The summed E-state index contributed by atoms with van der Waals surface area (Å²) in [4.78, 5) is 12.6. The van der Waals surface area contributed by atoms with E-state index < -0.39 is 0 Å². The van der Waals surface area contributed by atoms with Crippen LogP contribution < -0.4 is 5.32 Å². The first kappa shape index (κ1) is 18.5. The fourth-order valence-corrected chi connectivity index (χ4v) is 3.69. The van der Waals surface area contributed by atoms with Crippen molar-refractivity contribution < 1.29 is 4.79 Å². The van der Waals surface area contributed by atoms with Crippen molar-refractivity contribution in [1.29, 1.82) is 5.26 Å². The Morgan fingerprint density at radius 3 is 2.45 bits per heavy atom. The van der Waals surface area contributed by atoms with Crippen LogP contribution >= 0.6 is 0 Å². The van der Waals surface area contributed by atoms with E-state index in [0.29, 0.717) is 0 Å². The Hall–Kier alpha value is -3.84. The standard InChI is InChI=1S/C25H21N3O/c1-17(19-8-4-3-5-9-19)27-25(29)20(16-26)14-18-12-13-24-22(15-18)21-10-6-7-11-23(21)28(24)2/h3-15,17H,1-2H3,(H,27,29)/b20-14+/t17-/m0/s1. The summed E-state index contributed by atoms with van der Waals surface area (Å²) in [5, 5.41) is 14.7. The normalized spacial score (nSPS) is 12.7. The number of nitrogens with one attached hydrogen (secondary N) is 1. The number of amides is 1. The lowest BCUT2D eigenvalue weighted by Gasteiger charge is -2.13. The average Bonchev–Trinajstić information content (AvgIpc) is 3.04. The number of aromatic nitrogens is 1. The molecule has 0 radical (unpaired) electrons. The molecule has 142 valence electrons. The minimum atomic E-state index is -0.373. The molecule has 0 fully saturated rings. The van der Waals surface area contributed by atoms with Gasteiger partial charge in [0.15, 0.2) is 0 Å². The molecule has 0 unspecified atom stereocenters. The number of carbonyl (C=O) groups is 1. The van der Waals surface area contributed by atoms with Crippen LogP contribution in [0.15, 0.2) is 78.4 Å². The van der Waals surface area contributed by atoms with Crippen LogP contribution in [-0.2, 0) is 11.8 Å². The van der Waals surface area contributed by atoms with E-state index in [1.807, 2.05) is 80.7 Å². The third-order valence-electron chi connectivity index (χ3n) is 5.26. The summed E-state index contributed by atoms with van der Waals surface area (Å²) < 4.78 is 2.15. The van der Waals surface area contributed by atoms with E-state index in [2.05, 4.69) is 22.0 Å². The van der Waals surface area contributed by atoms with Crippen LogP contribution in [0.4, 0.5) is 0 Å². The Kier molecular flexibility index (Phi) is 4.88. The molecule has 0 aliphatic heterocycles. The highest BCUT2D eigenvalue weighted by molar-refractivity contribution is 6.09. The van der Waals surface area contributed by atoms with Crippen molar-refractivity contribution in [1.82, 2.24) is 9.88 Å². The van der Waals surface area contributed by atoms with Gasteiger partial charge in [0.2, 0.25) is 0 Å². The highest BCUT2D eigenvalue weighted by atomic mass is 16.1. The van der Waals surface area contributed by atoms with Gasteiger partial charge in [-0.1, -0.05) is 54.6 Å². The number of para-hydroxylation sites is 1. The second-order valence-corrected chi connectivity index (χ2v) is 7.13. The second kappa shape index (κ2) is 7.65. The maximum atomic E-state index is 12.6. The van der Waals surface area contributed by atoms with Gasteiger partial charge < -0.3 is 9.88 Å². The quantitative estimate of drug-likeness (QED) is 0.395. The molecule has 0 saturated heterocycles. The van der Waals surface area contributed by atoms with E-state index in [4.69, 9.17) is 0 Å². The van der Waals surface area contributed by atoms with Gasteiger partial charge in [-0.15, -0.1) is 0 Å². The van der Waals surface area contributed by atoms with Crippen molar-refractivity contribution in [2.75, 3.05) is 0 Å². The van der Waals surface area contributed by atoms with E-state index in [1.165, 1.54) is 0 Å². The van der Waals surface area contributed by atoms with Gasteiger partial charge in [0.25, 0.3) is 5.91 Å². The lowest BCUT2D eigenvalue weighted by atomic mass is 10.1. The molecule has 4 rings (SSSR count). The molecular weight excluding hydrogens is 358 g/mol. The number of nitriles is 1. The SMILES string of the molecule is C[C@H](NC(=O)/C(C#N)=C/c1ccc2c(c1)c1ccccc1n2C)c1ccccc1. The summed E-state index contributed by atoms with van der Waals surface area (Å²) in [5.41, 5.74) is 4.18. The first-order chi connectivity index (χ1) is 14.1. The van der Waals surface area contributed by atoms with Crippen molar-refractivity contribution in [3.63, 3.8) is 0 Å². The molecular formula is C25H21N3O. The van der Waals surface area contributed by atoms with E-state index in [1.54, 1.807) is 6.08 Å². The van der Waals surface area contributed by atoms with E-state index >= 15 is 0 Å². The van der Waals surface area contributed by atoms with Crippen molar-refractivity contribution in [3.05, 3.63) is 89.5 Å². The number of rotatable bonds is 4. The van der Waals surface area contributed by atoms with Crippen LogP contribution in [-0.4, -0.2) is 10.5 Å². The summed E-state index contributed by atoms with van der Waals surface area (Å²) in [6.07, 6.45) is 1.65. The number of hydrogen-bond acceptors (Lipinski definition) is 2. The van der Waals surface area contributed by atoms with Crippen LogP contribution in [0.3, 0.4) is 0 Å².